The van der Waals surface area contributed by atoms with Gasteiger partial charge >= 0.3 is 17.5 Å². The van der Waals surface area contributed by atoms with E-state index in [0.29, 0.717) is 0 Å². The monoisotopic (exact) mass is 129 g/mol. The molecule has 0 amide bonds. The van der Waals surface area contributed by atoms with E-state index >= 15 is 0 Å². The van der Waals surface area contributed by atoms with Gasteiger partial charge in [0.15, 0.2) is 0 Å². The molecule has 0 spiro atoms. The van der Waals surface area contributed by atoms with Gasteiger partial charge in [0.25, 0.3) is 0 Å². The zero-order valence-corrected chi connectivity index (χ0v) is 2.66. The minimum absolute atomic E-state index is 0. The van der Waals surface area contributed by atoms with Crippen LogP contribution in [-0.4, -0.2) is 16.4 Å². The Labute approximate surface area is 42.3 Å². The Bertz CT molecular complexity index is 31.8. The van der Waals surface area contributed by atoms with Gasteiger partial charge in [0.2, 0.25) is 0 Å². The molecule has 0 aliphatic heterocycles. The molecule has 0 rings (SSSR count). The van der Waals surface area contributed by atoms with Crippen molar-refractivity contribution in [2.75, 3.05) is 0 Å². The van der Waals surface area contributed by atoms with Crippen LogP contribution >= 0.6 is 8.34 Å². The van der Waals surface area contributed by atoms with Gasteiger partial charge in [-0.1, -0.05) is 7.43 Å². The predicted molar refractivity (Wildman–Crippen MR) is 30.0 cm³/mol. The number of hydrogen-bond donors (Lipinski definition) is 0. The molecule has 5 heteroatoms. The number of rotatable bonds is 0. The summed E-state index contributed by atoms with van der Waals surface area (Å²) in [5.41, 5.74) is 0. The maximum Gasteiger partial charge on any atom is -0.0149 e. The van der Waals surface area contributed by atoms with Gasteiger partial charge in [0.05, 0.1) is 0 Å². The first kappa shape index (κ1) is 34.6. The van der Waals surface area contributed by atoms with Crippen LogP contribution < -0.4 is 0 Å². The van der Waals surface area contributed by atoms with Crippen LogP contribution in [0.4, 0.5) is 0 Å². The largest absolute Gasteiger partial charge is 0.0149 e. The molecule has 0 heterocycles. The first-order valence-electron chi connectivity index (χ1n) is 0.365. The van der Waals surface area contributed by atoms with E-state index in [-0.39, 0.29) is 23.9 Å². The topological polar surface area (TPSA) is 65.6 Å². The molecule has 0 aliphatic rings. The zero-order valence-electron chi connectivity index (χ0n) is 1.76. The van der Waals surface area contributed by atoms with Gasteiger partial charge < -0.3 is 5.48 Å². The molecule has 0 unspecified atom stereocenters. The van der Waals surface area contributed by atoms with Crippen LogP contribution in [0.1, 0.15) is 7.43 Å². The van der Waals surface area contributed by atoms with Crippen LogP contribution in [0, 0.1) is 0 Å². The molecule has 0 aromatic carbocycles. The molecule has 0 aromatic rings. The predicted octanol–water partition coefficient (Wildman–Crippen LogP) is -1.02. The second kappa shape index (κ2) is 63.3. The third-order valence-electron chi connectivity index (χ3n) is 0. The zero-order chi connectivity index (χ0) is 2.71. The van der Waals surface area contributed by atoms with Gasteiger partial charge in [-0.2, -0.15) is 0 Å². The summed E-state index contributed by atoms with van der Waals surface area (Å²) in [5.74, 6) is 0. The summed E-state index contributed by atoms with van der Waals surface area (Å²) in [4.78, 5) is 0. The van der Waals surface area contributed by atoms with Crippen molar-refractivity contribution in [3.05, 3.63) is 0 Å². The van der Waals surface area contributed by atoms with Crippen LogP contribution in [0.3, 0.4) is 0 Å². The van der Waals surface area contributed by atoms with Gasteiger partial charge in [-0.05, 0) is 11.0 Å². The third-order valence-corrected chi connectivity index (χ3v) is 0. The van der Waals surface area contributed by atoms with Crippen LogP contribution in [0.15, 0.2) is 0 Å². The Hall–Kier alpha value is 0.207. The molecule has 40 valence electrons. The fourth-order valence-electron chi connectivity index (χ4n) is 0. The molecule has 6 heavy (non-hydrogen) atoms. The van der Waals surface area contributed by atoms with Crippen molar-refractivity contribution in [3.8, 4) is 0 Å². The van der Waals surface area contributed by atoms with Crippen LogP contribution in [0.2, 0.25) is 0 Å². The minimum atomic E-state index is -1.08. The summed E-state index contributed by atoms with van der Waals surface area (Å²) >= 11 is 0. The number of hydrogen-bond acceptors (Lipinski definition) is 2. The maximum atomic E-state index is 8.35. The van der Waals surface area contributed by atoms with Crippen molar-refractivity contribution < 1.29 is 14.6 Å². The van der Waals surface area contributed by atoms with Gasteiger partial charge in [0, 0.05) is 0 Å². The van der Waals surface area contributed by atoms with Crippen molar-refractivity contribution in [1.82, 2.24) is 0 Å². The van der Waals surface area contributed by atoms with E-state index in [9.17, 15) is 0 Å². The minimum Gasteiger partial charge on any atom is -0.0149 e. The van der Waals surface area contributed by atoms with E-state index in [2.05, 4.69) is 0 Å². The molecule has 0 aliphatic carbocycles. The van der Waals surface area contributed by atoms with Crippen molar-refractivity contribution in [2.45, 2.75) is 7.43 Å². The van der Waals surface area contributed by atoms with Crippen molar-refractivity contribution in [3.63, 3.8) is 0 Å². The molecular formula is CH10O3PSi+. The van der Waals surface area contributed by atoms with Crippen LogP contribution in [0.25, 0.3) is 0 Å². The second-order valence-corrected chi connectivity index (χ2v) is 0.224. The summed E-state index contributed by atoms with van der Waals surface area (Å²) < 4.78 is 16.7. The van der Waals surface area contributed by atoms with E-state index in [1.165, 1.54) is 0 Å². The van der Waals surface area contributed by atoms with E-state index in [1.807, 2.05) is 0 Å². The molecular weight excluding hydrogens is 119 g/mol. The van der Waals surface area contributed by atoms with Gasteiger partial charge in [0.1, 0.15) is 0 Å². The van der Waals surface area contributed by atoms with E-state index in [0.717, 1.165) is 0 Å². The summed E-state index contributed by atoms with van der Waals surface area (Å²) in [6.07, 6.45) is 0. The summed E-state index contributed by atoms with van der Waals surface area (Å²) in [6.45, 7) is 0. The molecule has 2 N–H and O–H groups in total. The van der Waals surface area contributed by atoms with Gasteiger partial charge in [-0.15, -0.1) is 0 Å². The fraction of sp³-hybridized carbons (Fsp3) is 1.00. The van der Waals surface area contributed by atoms with Gasteiger partial charge in [-0.25, -0.2) is 0 Å². The quantitative estimate of drug-likeness (QED) is 0.310. The maximum absolute atomic E-state index is 8.35. The van der Waals surface area contributed by atoms with Crippen LogP contribution in [0.5, 0.6) is 0 Å². The van der Waals surface area contributed by atoms with Crippen LogP contribution in [-0.2, 0) is 9.13 Å². The molecule has 0 bridgehead atoms. The van der Waals surface area contributed by atoms with E-state index < -0.39 is 8.34 Å². The Morgan fingerprint density at radius 3 is 1.17 bits per heavy atom. The van der Waals surface area contributed by atoms with Crippen molar-refractivity contribution in [1.29, 1.82) is 0 Å². The normalized spacial score (nSPS) is 1.33. The molecule has 0 atom stereocenters. The molecule has 0 saturated heterocycles. The summed E-state index contributed by atoms with van der Waals surface area (Å²) in [6, 6.07) is 0. The van der Waals surface area contributed by atoms with Gasteiger partial charge in [-0.3, -0.25) is 0 Å². The second-order valence-electron chi connectivity index (χ2n) is 0.0745. The Balaban J connectivity index is -0.00000000667. The standard InChI is InChI=1S/CH4.O2P.H2O.H4Si/c;1-3-2;;/h1H4;;1H2;1H4/q;+1;;. The average Bonchev–Trinajstić information content (AvgIpc) is 0.918. The third kappa shape index (κ3) is 1010. The Morgan fingerprint density at radius 1 is 1.17 bits per heavy atom. The summed E-state index contributed by atoms with van der Waals surface area (Å²) in [7, 11) is -1.08. The molecule has 0 radical (unpaired) electrons. The Morgan fingerprint density at radius 2 is 1.17 bits per heavy atom. The Kier molecular flexibility index (Phi) is 364. The smallest absolute Gasteiger partial charge is 0.0149 e. The molecule has 0 fully saturated rings. The molecule has 0 saturated carbocycles. The summed E-state index contributed by atoms with van der Waals surface area (Å²) in [5, 5.41) is 0. The molecule has 0 aromatic heterocycles. The average molecular weight is 129 g/mol. The first-order valence-corrected chi connectivity index (χ1v) is 1.10. The first-order chi connectivity index (χ1) is 1.41. The fourth-order valence-corrected chi connectivity index (χ4v) is 0. The van der Waals surface area contributed by atoms with E-state index in [1.54, 1.807) is 0 Å². The SMILES string of the molecule is C.O.O=[P+]=O.[SiH4]. The molecule has 3 nitrogen and oxygen atoms in total. The van der Waals surface area contributed by atoms with Crippen molar-refractivity contribution in [2.24, 2.45) is 0 Å². The van der Waals surface area contributed by atoms with Crippen molar-refractivity contribution >= 4 is 19.3 Å². The van der Waals surface area contributed by atoms with E-state index in [4.69, 9.17) is 9.13 Å².